The summed E-state index contributed by atoms with van der Waals surface area (Å²) in [5.41, 5.74) is 7.83. The lowest BCUT2D eigenvalue weighted by Crippen LogP contribution is -2.40. The Balaban J connectivity index is 0.00000280. The molecule has 1 atom stereocenters. The molecular weight excluding hydrogens is 399 g/mol. The molecule has 2 aromatic rings. The molecule has 0 radical (unpaired) electrons. The lowest BCUT2D eigenvalue weighted by molar-refractivity contribution is 0.203. The second-order valence-electron chi connectivity index (χ2n) is 6.89. The third kappa shape index (κ3) is 5.52. The van der Waals surface area contributed by atoms with Gasteiger partial charge in [0.05, 0.1) is 5.70 Å². The molecule has 0 spiro atoms. The van der Waals surface area contributed by atoms with Crippen molar-refractivity contribution in [2.75, 3.05) is 27.2 Å². The second-order valence-corrected chi connectivity index (χ2v) is 7.32. The van der Waals surface area contributed by atoms with Crippen molar-refractivity contribution < 1.29 is 9.21 Å². The molecule has 1 aliphatic heterocycles. The maximum atomic E-state index is 12.2. The Morgan fingerprint density at radius 3 is 2.61 bits per heavy atom. The summed E-state index contributed by atoms with van der Waals surface area (Å²) >= 11 is 5.92. The van der Waals surface area contributed by atoms with Crippen LogP contribution in [0.5, 0.6) is 0 Å². The lowest BCUT2D eigenvalue weighted by Gasteiger charge is -2.20. The molecule has 1 unspecified atom stereocenters. The molecule has 0 bridgehead atoms. The molecule has 1 saturated heterocycles. The molecular formula is C20H26Cl2N4O2. The van der Waals surface area contributed by atoms with Gasteiger partial charge >= 0.3 is 6.03 Å². The van der Waals surface area contributed by atoms with E-state index in [1.165, 1.54) is 0 Å². The Hall–Kier alpha value is -1.99. The molecule has 8 heteroatoms. The summed E-state index contributed by atoms with van der Waals surface area (Å²) in [4.78, 5) is 16.0. The van der Waals surface area contributed by atoms with Crippen LogP contribution >= 0.6 is 24.0 Å². The molecule has 1 aromatic heterocycles. The maximum absolute atomic E-state index is 12.2. The van der Waals surface area contributed by atoms with Crippen LogP contribution in [-0.4, -0.2) is 49.2 Å². The maximum Gasteiger partial charge on any atom is 0.323 e. The average molecular weight is 425 g/mol. The van der Waals surface area contributed by atoms with E-state index in [1.807, 2.05) is 50.5 Å². The van der Waals surface area contributed by atoms with Crippen LogP contribution in [0.3, 0.4) is 0 Å². The number of nitrogens with two attached hydrogens (primary N) is 1. The molecule has 1 fully saturated rings. The normalized spacial score (nSPS) is 17.9. The van der Waals surface area contributed by atoms with E-state index in [4.69, 9.17) is 21.8 Å². The van der Waals surface area contributed by atoms with Crippen molar-refractivity contribution in [3.05, 3.63) is 52.9 Å². The minimum absolute atomic E-state index is 0. The summed E-state index contributed by atoms with van der Waals surface area (Å²) in [6.45, 7) is 1.62. The molecule has 28 heavy (non-hydrogen) atoms. The van der Waals surface area contributed by atoms with Gasteiger partial charge < -0.3 is 25.3 Å². The van der Waals surface area contributed by atoms with Gasteiger partial charge in [0, 0.05) is 23.2 Å². The standard InChI is InChI=1S/C20H25ClN4O2.ClH/c1-24(2)11-3-4-12-25-19(22)17(23-20(25)26)13-16-9-10-18(27-16)14-5-7-15(21)8-6-14;/h5-10,13,19H,3-4,11-12,22H2,1-2H3,(H,23,26);1H. The number of halogens is 2. The van der Waals surface area contributed by atoms with Gasteiger partial charge in [-0.3, -0.25) is 0 Å². The molecule has 0 saturated carbocycles. The smallest absolute Gasteiger partial charge is 0.323 e. The number of amides is 2. The number of hydrogen-bond donors (Lipinski definition) is 2. The SMILES string of the molecule is CN(C)CCCCN1C(=O)NC(=Cc2ccc(-c3ccc(Cl)cc3)o2)C1N.Cl. The fourth-order valence-electron chi connectivity index (χ4n) is 2.99. The van der Waals surface area contributed by atoms with E-state index in [9.17, 15) is 4.79 Å². The van der Waals surface area contributed by atoms with Crippen molar-refractivity contribution in [2.45, 2.75) is 19.0 Å². The first-order valence-electron chi connectivity index (χ1n) is 8.99. The van der Waals surface area contributed by atoms with E-state index in [1.54, 1.807) is 11.0 Å². The van der Waals surface area contributed by atoms with E-state index in [0.29, 0.717) is 23.0 Å². The minimum atomic E-state index is -0.485. The number of benzene rings is 1. The monoisotopic (exact) mass is 424 g/mol. The summed E-state index contributed by atoms with van der Waals surface area (Å²) in [5, 5.41) is 3.52. The van der Waals surface area contributed by atoms with Gasteiger partial charge in [-0.25, -0.2) is 4.79 Å². The molecule has 3 rings (SSSR count). The van der Waals surface area contributed by atoms with Crippen LogP contribution in [0, 0.1) is 0 Å². The van der Waals surface area contributed by atoms with Crippen LogP contribution in [0.2, 0.25) is 5.02 Å². The zero-order chi connectivity index (χ0) is 19.4. The van der Waals surface area contributed by atoms with E-state index >= 15 is 0 Å². The third-order valence-electron chi connectivity index (χ3n) is 4.47. The molecule has 152 valence electrons. The summed E-state index contributed by atoms with van der Waals surface area (Å²) in [5.74, 6) is 1.37. The number of urea groups is 1. The largest absolute Gasteiger partial charge is 0.457 e. The van der Waals surface area contributed by atoms with Crippen LogP contribution in [0.15, 0.2) is 46.5 Å². The second kappa shape index (κ2) is 9.98. The highest BCUT2D eigenvalue weighted by atomic mass is 35.5. The van der Waals surface area contributed by atoms with Crippen molar-refractivity contribution in [3.63, 3.8) is 0 Å². The number of furan rings is 1. The van der Waals surface area contributed by atoms with Gasteiger partial charge in [-0.15, -0.1) is 12.4 Å². The summed E-state index contributed by atoms with van der Waals surface area (Å²) in [7, 11) is 4.08. The van der Waals surface area contributed by atoms with Crippen molar-refractivity contribution in [2.24, 2.45) is 5.73 Å². The Morgan fingerprint density at radius 1 is 1.21 bits per heavy atom. The molecule has 1 aliphatic rings. The van der Waals surface area contributed by atoms with E-state index in [2.05, 4.69) is 10.2 Å². The van der Waals surface area contributed by atoms with Crippen LogP contribution in [-0.2, 0) is 0 Å². The average Bonchev–Trinajstić information content (AvgIpc) is 3.19. The molecule has 2 heterocycles. The number of nitrogens with zero attached hydrogens (tertiary/aromatic N) is 2. The highest BCUT2D eigenvalue weighted by Crippen LogP contribution is 2.25. The lowest BCUT2D eigenvalue weighted by atomic mass is 10.2. The predicted octanol–water partition coefficient (Wildman–Crippen LogP) is 4.01. The molecule has 0 aliphatic carbocycles. The van der Waals surface area contributed by atoms with Crippen molar-refractivity contribution in [1.82, 2.24) is 15.1 Å². The van der Waals surface area contributed by atoms with Gasteiger partial charge in [-0.2, -0.15) is 0 Å². The molecule has 2 amide bonds. The van der Waals surface area contributed by atoms with Crippen molar-refractivity contribution in [3.8, 4) is 11.3 Å². The highest BCUT2D eigenvalue weighted by molar-refractivity contribution is 6.30. The molecule has 1 aromatic carbocycles. The van der Waals surface area contributed by atoms with Gasteiger partial charge in [0.2, 0.25) is 0 Å². The Bertz CT molecular complexity index is 818. The predicted molar refractivity (Wildman–Crippen MR) is 115 cm³/mol. The zero-order valence-electron chi connectivity index (χ0n) is 16.0. The quantitative estimate of drug-likeness (QED) is 0.658. The first-order chi connectivity index (χ1) is 12.9. The van der Waals surface area contributed by atoms with Crippen LogP contribution < -0.4 is 11.1 Å². The number of hydrogen-bond acceptors (Lipinski definition) is 4. The van der Waals surface area contributed by atoms with Gasteiger partial charge in [-0.1, -0.05) is 11.6 Å². The fourth-order valence-corrected chi connectivity index (χ4v) is 3.11. The topological polar surface area (TPSA) is 74.7 Å². The number of unbranched alkanes of at least 4 members (excludes halogenated alkanes) is 1. The van der Waals surface area contributed by atoms with Gasteiger partial charge in [-0.05, 0) is 69.9 Å². The number of rotatable bonds is 7. The number of carbonyl (C=O) groups excluding carboxylic acids is 1. The molecule has 6 nitrogen and oxygen atoms in total. The number of carbonyl (C=O) groups is 1. The van der Waals surface area contributed by atoms with Gasteiger partial charge in [0.25, 0.3) is 0 Å². The van der Waals surface area contributed by atoms with Crippen LogP contribution in [0.1, 0.15) is 18.6 Å². The first kappa shape index (κ1) is 22.3. The first-order valence-corrected chi connectivity index (χ1v) is 9.37. The molecule has 3 N–H and O–H groups in total. The summed E-state index contributed by atoms with van der Waals surface area (Å²) in [6, 6.07) is 11.0. The minimum Gasteiger partial charge on any atom is -0.457 e. The Labute approximate surface area is 176 Å². The van der Waals surface area contributed by atoms with Crippen LogP contribution in [0.4, 0.5) is 4.79 Å². The summed E-state index contributed by atoms with van der Waals surface area (Å²) < 4.78 is 5.86. The highest BCUT2D eigenvalue weighted by Gasteiger charge is 2.32. The van der Waals surface area contributed by atoms with Crippen LogP contribution in [0.25, 0.3) is 17.4 Å². The number of nitrogens with one attached hydrogen (secondary N) is 1. The van der Waals surface area contributed by atoms with Gasteiger partial charge in [0.15, 0.2) is 0 Å². The van der Waals surface area contributed by atoms with Crippen molar-refractivity contribution >= 4 is 36.1 Å². The fraction of sp³-hybridized carbons (Fsp3) is 0.350. The third-order valence-corrected chi connectivity index (χ3v) is 4.73. The Kier molecular flexibility index (Phi) is 7.95. The van der Waals surface area contributed by atoms with E-state index in [-0.39, 0.29) is 18.4 Å². The summed E-state index contributed by atoms with van der Waals surface area (Å²) in [6.07, 6.45) is 3.22. The van der Waals surface area contributed by atoms with E-state index in [0.717, 1.165) is 30.7 Å². The zero-order valence-corrected chi connectivity index (χ0v) is 17.6. The Morgan fingerprint density at radius 2 is 1.93 bits per heavy atom. The van der Waals surface area contributed by atoms with E-state index < -0.39 is 6.17 Å². The van der Waals surface area contributed by atoms with Gasteiger partial charge in [0.1, 0.15) is 17.7 Å². The van der Waals surface area contributed by atoms with Crippen molar-refractivity contribution in [1.29, 1.82) is 0 Å².